The Kier molecular flexibility index (Phi) is 7.87. The second kappa shape index (κ2) is 8.93. The third-order valence-corrected chi connectivity index (χ3v) is 3.75. The number of rotatable bonds is 11. The maximum atomic E-state index is 5.65. The van der Waals surface area contributed by atoms with Gasteiger partial charge in [-0.15, -0.1) is 0 Å². The minimum Gasteiger partial charge on any atom is -0.382 e. The lowest BCUT2D eigenvalue weighted by atomic mass is 10.0. The normalized spacial score (nSPS) is 24.9. The summed E-state index contributed by atoms with van der Waals surface area (Å²) in [6.45, 7) is 4.39. The van der Waals surface area contributed by atoms with E-state index in [1.807, 2.05) is 0 Å². The number of epoxide rings is 1. The van der Waals surface area contributed by atoms with E-state index in [0.717, 1.165) is 6.42 Å². The van der Waals surface area contributed by atoms with Gasteiger partial charge in [0.25, 0.3) is 0 Å². The van der Waals surface area contributed by atoms with Crippen molar-refractivity contribution in [3.8, 4) is 0 Å². The molecule has 0 unspecified atom stereocenters. The van der Waals surface area contributed by atoms with Gasteiger partial charge in [0, 0.05) is 13.5 Å². The van der Waals surface area contributed by atoms with Crippen molar-refractivity contribution in [1.82, 2.24) is 0 Å². The molecule has 0 aromatic heterocycles. The van der Waals surface area contributed by atoms with Crippen molar-refractivity contribution >= 4 is 0 Å². The molecule has 17 heavy (non-hydrogen) atoms. The number of ether oxygens (including phenoxy) is 2. The average molecular weight is 242 g/mol. The highest BCUT2D eigenvalue weighted by Crippen LogP contribution is 2.31. The van der Waals surface area contributed by atoms with Crippen molar-refractivity contribution in [3.63, 3.8) is 0 Å². The van der Waals surface area contributed by atoms with Crippen LogP contribution in [0.15, 0.2) is 0 Å². The molecule has 0 saturated carbocycles. The van der Waals surface area contributed by atoms with Crippen LogP contribution in [-0.2, 0) is 9.47 Å². The highest BCUT2D eigenvalue weighted by molar-refractivity contribution is 4.85. The SMILES string of the molecule is CCCCCCCCC[C@H]1O[C@H]1C[C@H](C)OC. The molecule has 1 fully saturated rings. The Morgan fingerprint density at radius 1 is 1.00 bits per heavy atom. The Labute approximate surface area is 107 Å². The summed E-state index contributed by atoms with van der Waals surface area (Å²) in [5, 5.41) is 0. The first-order valence-corrected chi connectivity index (χ1v) is 7.46. The van der Waals surface area contributed by atoms with Gasteiger partial charge in [-0.1, -0.05) is 51.9 Å². The quantitative estimate of drug-likeness (QED) is 0.397. The van der Waals surface area contributed by atoms with E-state index in [0.29, 0.717) is 18.3 Å². The van der Waals surface area contributed by atoms with E-state index in [4.69, 9.17) is 9.47 Å². The maximum absolute atomic E-state index is 5.65. The summed E-state index contributed by atoms with van der Waals surface area (Å²) in [6.07, 6.45) is 13.4. The zero-order valence-electron chi connectivity index (χ0n) is 11.9. The third kappa shape index (κ3) is 7.05. The van der Waals surface area contributed by atoms with E-state index in [-0.39, 0.29) is 0 Å². The van der Waals surface area contributed by atoms with Crippen molar-refractivity contribution in [1.29, 1.82) is 0 Å². The van der Waals surface area contributed by atoms with E-state index in [1.54, 1.807) is 7.11 Å². The van der Waals surface area contributed by atoms with Gasteiger partial charge in [-0.3, -0.25) is 0 Å². The van der Waals surface area contributed by atoms with E-state index >= 15 is 0 Å². The zero-order valence-corrected chi connectivity index (χ0v) is 11.9. The Morgan fingerprint density at radius 3 is 2.29 bits per heavy atom. The Morgan fingerprint density at radius 2 is 1.65 bits per heavy atom. The molecule has 0 bridgehead atoms. The summed E-state index contributed by atoms with van der Waals surface area (Å²) in [6, 6.07) is 0. The largest absolute Gasteiger partial charge is 0.382 e. The fraction of sp³-hybridized carbons (Fsp3) is 1.00. The third-order valence-electron chi connectivity index (χ3n) is 3.75. The summed E-state index contributed by atoms with van der Waals surface area (Å²) in [5.74, 6) is 0. The highest BCUT2D eigenvalue weighted by Gasteiger charge is 2.38. The molecule has 2 nitrogen and oxygen atoms in total. The van der Waals surface area contributed by atoms with Gasteiger partial charge >= 0.3 is 0 Å². The summed E-state index contributed by atoms with van der Waals surface area (Å²) in [4.78, 5) is 0. The van der Waals surface area contributed by atoms with Crippen molar-refractivity contribution in [2.24, 2.45) is 0 Å². The lowest BCUT2D eigenvalue weighted by molar-refractivity contribution is 0.103. The van der Waals surface area contributed by atoms with Gasteiger partial charge in [-0.25, -0.2) is 0 Å². The highest BCUT2D eigenvalue weighted by atomic mass is 16.6. The van der Waals surface area contributed by atoms with Gasteiger partial charge in [0.2, 0.25) is 0 Å². The first-order chi connectivity index (χ1) is 8.27. The Balaban J connectivity index is 1.82. The zero-order chi connectivity index (χ0) is 12.5. The first-order valence-electron chi connectivity index (χ1n) is 7.46. The van der Waals surface area contributed by atoms with Crippen LogP contribution >= 0.6 is 0 Å². The molecule has 0 aromatic rings. The predicted molar refractivity (Wildman–Crippen MR) is 72.4 cm³/mol. The maximum Gasteiger partial charge on any atom is 0.0866 e. The molecule has 0 aromatic carbocycles. The predicted octanol–water partition coefficient (Wildman–Crippen LogP) is 4.32. The molecule has 1 heterocycles. The first kappa shape index (κ1) is 15.0. The minimum absolute atomic E-state index is 0.346. The number of methoxy groups -OCH3 is 1. The number of unbranched alkanes of at least 4 members (excludes halogenated alkanes) is 6. The summed E-state index contributed by atoms with van der Waals surface area (Å²) in [5.41, 5.74) is 0. The molecule has 102 valence electrons. The molecule has 3 atom stereocenters. The second-order valence-electron chi connectivity index (χ2n) is 5.41. The minimum atomic E-state index is 0.346. The van der Waals surface area contributed by atoms with Crippen molar-refractivity contribution < 1.29 is 9.47 Å². The summed E-state index contributed by atoms with van der Waals surface area (Å²) >= 11 is 0. The van der Waals surface area contributed by atoms with Crippen LogP contribution in [0.25, 0.3) is 0 Å². The summed E-state index contributed by atoms with van der Waals surface area (Å²) < 4.78 is 10.9. The Hall–Kier alpha value is -0.0800. The van der Waals surface area contributed by atoms with Crippen LogP contribution in [0.2, 0.25) is 0 Å². The lowest BCUT2D eigenvalue weighted by Gasteiger charge is -2.05. The van der Waals surface area contributed by atoms with E-state index in [2.05, 4.69) is 13.8 Å². The van der Waals surface area contributed by atoms with Gasteiger partial charge in [-0.05, 0) is 13.3 Å². The topological polar surface area (TPSA) is 21.8 Å². The molecule has 0 spiro atoms. The van der Waals surface area contributed by atoms with E-state index in [1.165, 1.54) is 51.4 Å². The fourth-order valence-electron chi connectivity index (χ4n) is 2.37. The van der Waals surface area contributed by atoms with Crippen molar-refractivity contribution in [2.45, 2.75) is 89.9 Å². The number of hydrogen-bond acceptors (Lipinski definition) is 2. The molecule has 1 aliphatic rings. The van der Waals surface area contributed by atoms with Crippen LogP contribution < -0.4 is 0 Å². The molecule has 0 aliphatic carbocycles. The smallest absolute Gasteiger partial charge is 0.0866 e. The molecule has 0 N–H and O–H groups in total. The second-order valence-corrected chi connectivity index (χ2v) is 5.41. The molecular weight excluding hydrogens is 212 g/mol. The van der Waals surface area contributed by atoms with E-state index in [9.17, 15) is 0 Å². The van der Waals surface area contributed by atoms with Crippen LogP contribution in [0.3, 0.4) is 0 Å². The van der Waals surface area contributed by atoms with Crippen LogP contribution in [0.1, 0.15) is 71.6 Å². The Bertz CT molecular complexity index is 182. The molecule has 2 heteroatoms. The van der Waals surface area contributed by atoms with Gasteiger partial charge in [-0.2, -0.15) is 0 Å². The molecule has 1 saturated heterocycles. The summed E-state index contributed by atoms with van der Waals surface area (Å²) in [7, 11) is 1.78. The lowest BCUT2D eigenvalue weighted by Crippen LogP contribution is -2.09. The van der Waals surface area contributed by atoms with Gasteiger partial charge in [0.05, 0.1) is 18.3 Å². The van der Waals surface area contributed by atoms with Crippen molar-refractivity contribution in [3.05, 3.63) is 0 Å². The van der Waals surface area contributed by atoms with Crippen LogP contribution in [-0.4, -0.2) is 25.4 Å². The van der Waals surface area contributed by atoms with Gasteiger partial charge < -0.3 is 9.47 Å². The molecule has 0 radical (unpaired) electrons. The van der Waals surface area contributed by atoms with Gasteiger partial charge in [0.1, 0.15) is 0 Å². The molecule has 1 aliphatic heterocycles. The monoisotopic (exact) mass is 242 g/mol. The van der Waals surface area contributed by atoms with Crippen LogP contribution in [0.4, 0.5) is 0 Å². The molecule has 1 rings (SSSR count). The average Bonchev–Trinajstić information content (AvgIpc) is 3.06. The standard InChI is InChI=1S/C15H30O2/c1-4-5-6-7-8-9-10-11-14-15(17-14)12-13(2)16-3/h13-15H,4-12H2,1-3H3/t13-,14+,15-/m0/s1. The number of hydrogen-bond donors (Lipinski definition) is 0. The van der Waals surface area contributed by atoms with Gasteiger partial charge in [0.15, 0.2) is 0 Å². The fourth-order valence-corrected chi connectivity index (χ4v) is 2.37. The van der Waals surface area contributed by atoms with Crippen LogP contribution in [0.5, 0.6) is 0 Å². The molecule has 0 amide bonds. The van der Waals surface area contributed by atoms with Crippen LogP contribution in [0, 0.1) is 0 Å². The molecular formula is C15H30O2. The van der Waals surface area contributed by atoms with E-state index < -0.39 is 0 Å². The van der Waals surface area contributed by atoms with Crippen molar-refractivity contribution in [2.75, 3.05) is 7.11 Å².